The van der Waals surface area contributed by atoms with Crippen molar-refractivity contribution < 1.29 is 68.7 Å². The van der Waals surface area contributed by atoms with E-state index in [1.54, 1.807) is 33.8 Å². The predicted octanol–water partition coefficient (Wildman–Crippen LogP) is 6.85. The van der Waals surface area contributed by atoms with Gasteiger partial charge < -0.3 is 49.8 Å². The fourth-order valence-corrected chi connectivity index (χ4v) is 7.98. The number of Topliss-reactive ketones (excluding diaryl/α,β-unsaturated/α-hetero) is 1. The maximum absolute atomic E-state index is 14.5. The first kappa shape index (κ1) is 49.1. The van der Waals surface area contributed by atoms with Crippen molar-refractivity contribution in [3.05, 3.63) is 91.3 Å². The van der Waals surface area contributed by atoms with Gasteiger partial charge in [0, 0.05) is 72.8 Å². The van der Waals surface area contributed by atoms with E-state index in [1.807, 2.05) is 0 Å². The minimum atomic E-state index is -2.18. The Kier molecular flexibility index (Phi) is 14.7. The van der Waals surface area contributed by atoms with Crippen molar-refractivity contribution in [1.29, 1.82) is 0 Å². The lowest BCUT2D eigenvalue weighted by Gasteiger charge is -2.38. The monoisotopic (exact) mass is 905 g/mol. The Morgan fingerprint density at radius 1 is 0.938 bits per heavy atom. The second kappa shape index (κ2) is 19.4. The average Bonchev–Trinajstić information content (AvgIpc) is 3.52. The number of hydrogen-bond acceptors (Lipinski definition) is 18. The van der Waals surface area contributed by atoms with Crippen molar-refractivity contribution in [2.24, 2.45) is 33.9 Å². The zero-order valence-corrected chi connectivity index (χ0v) is 37.0. The fraction of sp³-hybridized carbons (Fsp3) is 0.432. The van der Waals surface area contributed by atoms with Crippen LogP contribution in [0.5, 0.6) is 23.0 Å². The molecule has 1 amide bonds. The molecule has 3 heterocycles. The number of allylic oxidation sites excluding steroid dienone is 2. The number of aliphatic hydroxyl groups excluding tert-OH is 2. The Bertz CT molecular complexity index is 2550. The van der Waals surface area contributed by atoms with E-state index >= 15 is 0 Å². The van der Waals surface area contributed by atoms with E-state index < -0.39 is 139 Å². The van der Waals surface area contributed by atoms with E-state index in [4.69, 9.17) is 18.9 Å². The molecule has 3 aromatic carbocycles. The predicted molar refractivity (Wildman–Crippen MR) is 232 cm³/mol. The highest BCUT2D eigenvalue weighted by atomic mass is 16.7. The number of carbonyl (C=O) groups excluding carboxylic acids is 3. The van der Waals surface area contributed by atoms with Crippen LogP contribution in [0.3, 0.4) is 0 Å². The number of benzene rings is 3. The number of aliphatic hydroxyl groups is 2. The summed E-state index contributed by atoms with van der Waals surface area (Å²) in [4.78, 5) is 61.9. The minimum Gasteiger partial charge on any atom is -0.507 e. The van der Waals surface area contributed by atoms with E-state index in [0.29, 0.717) is 6.07 Å². The summed E-state index contributed by atoms with van der Waals surface area (Å²) >= 11 is 0. The number of fused-ring (bicyclic) bond motifs is 14. The second-order valence-corrected chi connectivity index (χ2v) is 16.3. The Balaban J connectivity index is 1.73. The third-order valence-electron chi connectivity index (χ3n) is 11.9. The Hall–Kier alpha value is -6.97. The number of carbonyl (C=O) groups is 3. The van der Waals surface area contributed by atoms with E-state index in [0.717, 1.165) is 18.4 Å². The number of rotatable bonds is 7. The topological polar surface area (TPSA) is 312 Å². The second-order valence-electron chi connectivity index (χ2n) is 16.3. The van der Waals surface area contributed by atoms with Crippen molar-refractivity contribution in [2.75, 3.05) is 12.4 Å². The van der Waals surface area contributed by atoms with Gasteiger partial charge >= 0.3 is 17.4 Å². The van der Waals surface area contributed by atoms with Crippen LogP contribution < -0.4 is 10.1 Å². The molecule has 0 unspecified atom stereocenters. The highest BCUT2D eigenvalue weighted by Crippen LogP contribution is 2.55. The molecular formula is C44H51N5O16. The van der Waals surface area contributed by atoms with Crippen LogP contribution in [0.1, 0.15) is 70.0 Å². The first-order chi connectivity index (χ1) is 30.5. The zero-order chi connectivity index (χ0) is 48.4. The smallest absolute Gasteiger partial charge is 0.312 e. The maximum Gasteiger partial charge on any atom is 0.312 e. The highest BCUT2D eigenvalue weighted by Gasteiger charge is 2.50. The number of hydrogen-bond donors (Lipinski definition) is 6. The van der Waals surface area contributed by atoms with Crippen LogP contribution in [0.4, 0.5) is 22.7 Å². The first-order valence-corrected chi connectivity index (χ1v) is 20.3. The Morgan fingerprint density at radius 2 is 1.62 bits per heavy atom. The highest BCUT2D eigenvalue weighted by molar-refractivity contribution is 6.22. The average molecular weight is 906 g/mol. The first-order valence-electron chi connectivity index (χ1n) is 20.3. The molecule has 3 aliphatic heterocycles. The van der Waals surface area contributed by atoms with E-state index in [-0.39, 0.29) is 28.0 Å². The molecule has 3 aromatic rings. The van der Waals surface area contributed by atoms with Gasteiger partial charge in [0.2, 0.25) is 0 Å². The van der Waals surface area contributed by atoms with E-state index in [2.05, 4.69) is 15.5 Å². The van der Waals surface area contributed by atoms with E-state index in [1.165, 1.54) is 53.0 Å². The molecule has 0 aromatic heterocycles. The molecule has 9 atom stereocenters. The molecule has 6 rings (SSSR count). The zero-order valence-electron chi connectivity index (χ0n) is 37.0. The lowest BCUT2D eigenvalue weighted by Crippen LogP contribution is -2.46. The maximum atomic E-state index is 14.5. The van der Waals surface area contributed by atoms with Crippen LogP contribution in [-0.4, -0.2) is 90.4 Å². The molecule has 0 fully saturated rings. The van der Waals surface area contributed by atoms with Crippen LogP contribution in [-0.2, 0) is 30.3 Å². The Labute approximate surface area is 372 Å². The molecule has 348 valence electrons. The lowest BCUT2D eigenvalue weighted by atomic mass is 9.78. The SMILES string of the molecule is CO[C@H]1/C=C/O[C@@]2(C)Oc3c(C)c(O)c4c(O)c(c(CN=Nc5ccc([N+](=O)[O-])cc5[N+](=O)[O-])c(O)c4c3C2=O)NC(=O)/C(C)=C\C=C\[C@@H](C)[C@H](O)[C@@H](C)[C@H](O)[C@@H](C)[C@H](OC(C)=O)[C@@H]1C. The summed E-state index contributed by atoms with van der Waals surface area (Å²) in [6, 6.07) is 2.61. The summed E-state index contributed by atoms with van der Waals surface area (Å²) in [5.41, 5.74) is -3.08. The standard InChI is InChI=1S/C44H51N5O16/c1-19-11-10-12-20(2)43(57)46-34-27(18-45-47-28-14-13-26(48(58)59)17-29(28)49(60)61)38(54)31-32(39(34)55)37(53)24(6)41-33(31)42(56)44(8,65-41)63-16-15-30(62-9)21(3)40(64-25(7)50)23(5)36(52)22(4)35(19)51/h10-17,19,21-23,30,35-36,40,51-55H,18H2,1-9H3,(H,46,57)/b11-10+,16-15+,20-12-,47-45?/t19-,21-,22-,23-,30+,35+,36+,40-,44+/m1/s1. The summed E-state index contributed by atoms with van der Waals surface area (Å²) in [5.74, 6) is -9.88. The van der Waals surface area contributed by atoms with Gasteiger partial charge in [0.15, 0.2) is 11.4 Å². The van der Waals surface area contributed by atoms with Crippen molar-refractivity contribution in [3.63, 3.8) is 0 Å². The van der Waals surface area contributed by atoms with Gasteiger partial charge in [-0.05, 0) is 26.0 Å². The molecule has 0 aliphatic carbocycles. The van der Waals surface area contributed by atoms with Crippen molar-refractivity contribution in [2.45, 2.75) is 92.1 Å². The molecule has 6 N–H and O–H groups in total. The lowest BCUT2D eigenvalue weighted by molar-refractivity contribution is -0.393. The van der Waals surface area contributed by atoms with Crippen LogP contribution in [0.25, 0.3) is 10.8 Å². The number of non-ortho nitro benzene ring substituents is 1. The number of aromatic hydroxyl groups is 3. The van der Waals surface area contributed by atoms with Gasteiger partial charge in [-0.3, -0.25) is 34.6 Å². The van der Waals surface area contributed by atoms with Gasteiger partial charge in [-0.1, -0.05) is 45.9 Å². The minimum absolute atomic E-state index is 0.0250. The van der Waals surface area contributed by atoms with Crippen LogP contribution >= 0.6 is 0 Å². The van der Waals surface area contributed by atoms with Gasteiger partial charge in [-0.15, -0.1) is 5.11 Å². The molecule has 21 heteroatoms. The van der Waals surface area contributed by atoms with Gasteiger partial charge in [-0.25, -0.2) is 0 Å². The normalized spacial score (nSPS) is 28.3. The molecular weight excluding hydrogens is 855 g/mol. The number of nitrogens with one attached hydrogen (secondary N) is 1. The van der Waals surface area contributed by atoms with Crippen molar-refractivity contribution >= 4 is 51.2 Å². The summed E-state index contributed by atoms with van der Waals surface area (Å²) in [7, 11) is 1.38. The molecule has 3 aliphatic rings. The molecule has 0 spiro atoms. The number of amides is 1. The number of phenolic OH excluding ortho intramolecular Hbond substituents is 3. The molecule has 0 saturated heterocycles. The number of methoxy groups -OCH3 is 1. The van der Waals surface area contributed by atoms with Crippen molar-refractivity contribution in [3.8, 4) is 23.0 Å². The number of anilines is 1. The number of phenols is 3. The molecule has 0 saturated carbocycles. The van der Waals surface area contributed by atoms with Gasteiger partial charge in [0.25, 0.3) is 17.4 Å². The molecule has 5 bridgehead atoms. The number of nitrogens with zero attached hydrogens (tertiary/aromatic N) is 4. The fourth-order valence-electron chi connectivity index (χ4n) is 7.98. The van der Waals surface area contributed by atoms with Crippen LogP contribution in [0.15, 0.2) is 64.6 Å². The quantitative estimate of drug-likeness (QED) is 0.0352. The van der Waals surface area contributed by atoms with Gasteiger partial charge in [-0.2, -0.15) is 5.11 Å². The van der Waals surface area contributed by atoms with Gasteiger partial charge in [0.05, 0.1) is 63.7 Å². The summed E-state index contributed by atoms with van der Waals surface area (Å²) in [5, 5.41) is 90.9. The number of esters is 1. The molecule has 65 heavy (non-hydrogen) atoms. The number of nitro groups is 2. The van der Waals surface area contributed by atoms with Gasteiger partial charge in [0.1, 0.15) is 23.4 Å². The molecule has 0 radical (unpaired) electrons. The van der Waals surface area contributed by atoms with Crippen LogP contribution in [0.2, 0.25) is 0 Å². The number of ether oxygens (including phenoxy) is 4. The summed E-state index contributed by atoms with van der Waals surface area (Å²) in [6.07, 6.45) is 2.81. The summed E-state index contributed by atoms with van der Waals surface area (Å²) < 4.78 is 23.4. The van der Waals surface area contributed by atoms with Crippen LogP contribution in [0, 0.1) is 50.8 Å². The van der Waals surface area contributed by atoms with Crippen molar-refractivity contribution in [1.82, 2.24) is 0 Å². The number of azo groups is 1. The largest absolute Gasteiger partial charge is 0.507 e. The Morgan fingerprint density at radius 3 is 2.23 bits per heavy atom. The third-order valence-corrected chi connectivity index (χ3v) is 11.9. The van der Waals surface area contributed by atoms with E-state index in [9.17, 15) is 60.1 Å². The number of ketones is 1. The number of nitro benzene ring substituents is 2. The molecule has 21 nitrogen and oxygen atoms in total. The summed E-state index contributed by atoms with van der Waals surface area (Å²) in [6.45, 7) is 11.2. The third kappa shape index (κ3) is 9.61.